The van der Waals surface area contributed by atoms with Crippen LogP contribution in [0.15, 0.2) is 53.4 Å². The van der Waals surface area contributed by atoms with Gasteiger partial charge in [0.25, 0.3) is 5.91 Å². The number of nitrogens with one attached hydrogen (secondary N) is 1. The van der Waals surface area contributed by atoms with Crippen molar-refractivity contribution in [1.29, 1.82) is 0 Å². The van der Waals surface area contributed by atoms with E-state index >= 15 is 0 Å². The summed E-state index contributed by atoms with van der Waals surface area (Å²) in [6, 6.07) is 11.5. The monoisotopic (exact) mass is 437 g/mol. The van der Waals surface area contributed by atoms with Crippen molar-refractivity contribution in [3.63, 3.8) is 0 Å². The maximum Gasteiger partial charge on any atom is 0.337 e. The second kappa shape index (κ2) is 7.96. The number of ether oxygens (including phenoxy) is 1. The Hall–Kier alpha value is -2.72. The number of carbonyl (C=O) groups is 2. The third kappa shape index (κ3) is 4.65. The topological polar surface area (TPSA) is 124 Å². The first kappa shape index (κ1) is 21.0. The van der Waals surface area contributed by atoms with Crippen LogP contribution in [-0.2, 0) is 24.4 Å². The molecule has 2 aromatic rings. The minimum atomic E-state index is -3.79. The van der Waals surface area contributed by atoms with Gasteiger partial charge in [-0.15, -0.1) is 0 Å². The number of hydrogen-bond acceptors (Lipinski definition) is 7. The number of anilines is 1. The van der Waals surface area contributed by atoms with Gasteiger partial charge in [-0.3, -0.25) is 4.79 Å². The van der Waals surface area contributed by atoms with Crippen LogP contribution in [0.3, 0.4) is 0 Å². The summed E-state index contributed by atoms with van der Waals surface area (Å²) in [6.07, 6.45) is 0.0729. The molecule has 0 saturated carbocycles. The molecule has 0 radical (unpaired) electrons. The van der Waals surface area contributed by atoms with Gasteiger partial charge < -0.3 is 10.1 Å². The zero-order valence-electron chi connectivity index (χ0n) is 15.5. The van der Waals surface area contributed by atoms with Crippen LogP contribution in [0.4, 0.5) is 5.69 Å². The summed E-state index contributed by atoms with van der Waals surface area (Å²) in [5.41, 5.74) is 0.871. The molecule has 1 atom stereocenters. The molecule has 1 N–H and O–H groups in total. The van der Waals surface area contributed by atoms with Crippen LogP contribution in [0.5, 0.6) is 0 Å². The van der Waals surface area contributed by atoms with E-state index in [0.29, 0.717) is 5.69 Å². The van der Waals surface area contributed by atoms with Crippen molar-refractivity contribution >= 4 is 37.2 Å². The highest BCUT2D eigenvalue weighted by atomic mass is 32.2. The second-order valence-electron chi connectivity index (χ2n) is 6.62. The minimum absolute atomic E-state index is 0.0242. The highest BCUT2D eigenvalue weighted by Gasteiger charge is 2.38. The fourth-order valence-corrected chi connectivity index (χ4v) is 7.40. The lowest BCUT2D eigenvalue weighted by molar-refractivity contribution is 0.0600. The maximum atomic E-state index is 12.6. The first-order valence-electron chi connectivity index (χ1n) is 8.66. The van der Waals surface area contributed by atoms with E-state index in [1.807, 2.05) is 0 Å². The van der Waals surface area contributed by atoms with Gasteiger partial charge in [-0.1, -0.05) is 6.07 Å². The number of benzene rings is 2. The Labute approximate surface area is 168 Å². The lowest BCUT2D eigenvalue weighted by atomic mass is 10.1. The van der Waals surface area contributed by atoms with E-state index in [-0.39, 0.29) is 33.9 Å². The molecule has 154 valence electrons. The summed E-state index contributed by atoms with van der Waals surface area (Å²) >= 11 is 0. The molecule has 0 bridgehead atoms. The summed E-state index contributed by atoms with van der Waals surface area (Å²) in [7, 11) is -5.87. The van der Waals surface area contributed by atoms with E-state index in [0.717, 1.165) is 0 Å². The van der Waals surface area contributed by atoms with Crippen LogP contribution in [-0.4, -0.2) is 52.6 Å². The Morgan fingerprint density at radius 3 is 2.34 bits per heavy atom. The first-order chi connectivity index (χ1) is 13.6. The molecular weight excluding hydrogens is 418 g/mol. The van der Waals surface area contributed by atoms with Gasteiger partial charge in [0.1, 0.15) is 0 Å². The van der Waals surface area contributed by atoms with E-state index in [9.17, 15) is 26.4 Å². The molecule has 1 fully saturated rings. The van der Waals surface area contributed by atoms with E-state index in [2.05, 4.69) is 10.1 Å². The fourth-order valence-electron chi connectivity index (χ4n) is 3.04. The number of sulfone groups is 2. The van der Waals surface area contributed by atoms with Crippen LogP contribution in [0.2, 0.25) is 0 Å². The third-order valence-corrected chi connectivity index (χ3v) is 8.80. The average molecular weight is 437 g/mol. The SMILES string of the molecule is COC(=O)c1cccc(NC(=O)c2ccc(S(=O)(=O)[C@H]3CCS(=O)(=O)C3)cc2)c1. The summed E-state index contributed by atoms with van der Waals surface area (Å²) in [6.45, 7) is 0. The van der Waals surface area contributed by atoms with Crippen molar-refractivity contribution in [2.45, 2.75) is 16.6 Å². The van der Waals surface area contributed by atoms with E-state index < -0.39 is 36.8 Å². The molecule has 1 aliphatic rings. The highest BCUT2D eigenvalue weighted by molar-refractivity contribution is 7.96. The zero-order chi connectivity index (χ0) is 21.2. The highest BCUT2D eigenvalue weighted by Crippen LogP contribution is 2.25. The van der Waals surface area contributed by atoms with Crippen molar-refractivity contribution < 1.29 is 31.2 Å². The van der Waals surface area contributed by atoms with Crippen molar-refractivity contribution in [3.05, 3.63) is 59.7 Å². The molecule has 0 aromatic heterocycles. The first-order valence-corrected chi connectivity index (χ1v) is 12.0. The molecule has 2 aromatic carbocycles. The van der Waals surface area contributed by atoms with E-state index in [1.54, 1.807) is 18.2 Å². The van der Waals surface area contributed by atoms with Gasteiger partial charge in [0, 0.05) is 11.3 Å². The van der Waals surface area contributed by atoms with Gasteiger partial charge in [0.2, 0.25) is 0 Å². The number of methoxy groups -OCH3 is 1. The maximum absolute atomic E-state index is 12.6. The fraction of sp³-hybridized carbons (Fsp3) is 0.263. The Balaban J connectivity index is 1.75. The second-order valence-corrected chi connectivity index (χ2v) is 11.1. The average Bonchev–Trinajstić information content (AvgIpc) is 3.08. The Morgan fingerprint density at radius 2 is 1.76 bits per heavy atom. The van der Waals surface area contributed by atoms with Gasteiger partial charge in [0.05, 0.1) is 34.3 Å². The Kier molecular flexibility index (Phi) is 5.76. The van der Waals surface area contributed by atoms with Crippen molar-refractivity contribution in [2.75, 3.05) is 23.9 Å². The van der Waals surface area contributed by atoms with Crippen LogP contribution in [0.25, 0.3) is 0 Å². The van der Waals surface area contributed by atoms with Gasteiger partial charge in [0.15, 0.2) is 19.7 Å². The number of carbonyl (C=O) groups excluding carboxylic acids is 2. The molecule has 1 heterocycles. The third-order valence-electron chi connectivity index (χ3n) is 4.62. The lowest BCUT2D eigenvalue weighted by Gasteiger charge is -2.11. The summed E-state index contributed by atoms with van der Waals surface area (Å²) in [4.78, 5) is 24.0. The normalized spacial score (nSPS) is 18.2. The van der Waals surface area contributed by atoms with Crippen molar-refractivity contribution in [2.24, 2.45) is 0 Å². The smallest absolute Gasteiger partial charge is 0.337 e. The molecule has 1 saturated heterocycles. The Bertz CT molecular complexity index is 1150. The molecular formula is C19H19NO7S2. The molecule has 0 aliphatic carbocycles. The largest absolute Gasteiger partial charge is 0.465 e. The summed E-state index contributed by atoms with van der Waals surface area (Å²) in [5, 5.41) is 1.66. The molecule has 0 spiro atoms. The van der Waals surface area contributed by atoms with Gasteiger partial charge in [-0.2, -0.15) is 0 Å². The number of amides is 1. The minimum Gasteiger partial charge on any atom is -0.465 e. The van der Waals surface area contributed by atoms with Gasteiger partial charge in [-0.05, 0) is 48.9 Å². The van der Waals surface area contributed by atoms with E-state index in [1.165, 1.54) is 37.4 Å². The molecule has 3 rings (SSSR count). The molecule has 8 nitrogen and oxygen atoms in total. The lowest BCUT2D eigenvalue weighted by Crippen LogP contribution is -2.23. The zero-order valence-corrected chi connectivity index (χ0v) is 17.1. The van der Waals surface area contributed by atoms with Crippen LogP contribution >= 0.6 is 0 Å². The van der Waals surface area contributed by atoms with Crippen LogP contribution in [0, 0.1) is 0 Å². The number of rotatable bonds is 5. The Morgan fingerprint density at radius 1 is 1.07 bits per heavy atom. The predicted molar refractivity (Wildman–Crippen MR) is 106 cm³/mol. The molecule has 1 aliphatic heterocycles. The van der Waals surface area contributed by atoms with Gasteiger partial charge in [-0.25, -0.2) is 21.6 Å². The molecule has 29 heavy (non-hydrogen) atoms. The summed E-state index contributed by atoms with van der Waals surface area (Å²) < 4.78 is 53.0. The van der Waals surface area contributed by atoms with Gasteiger partial charge >= 0.3 is 5.97 Å². The number of esters is 1. The van der Waals surface area contributed by atoms with E-state index in [4.69, 9.17) is 0 Å². The van der Waals surface area contributed by atoms with Crippen LogP contribution < -0.4 is 5.32 Å². The number of hydrogen-bond donors (Lipinski definition) is 1. The van der Waals surface area contributed by atoms with Crippen molar-refractivity contribution in [1.82, 2.24) is 0 Å². The van der Waals surface area contributed by atoms with Crippen LogP contribution in [0.1, 0.15) is 27.1 Å². The molecule has 10 heteroatoms. The summed E-state index contributed by atoms with van der Waals surface area (Å²) in [5.74, 6) is -1.54. The van der Waals surface area contributed by atoms with Crippen molar-refractivity contribution in [3.8, 4) is 0 Å². The predicted octanol–water partition coefficient (Wildman–Crippen LogP) is 1.69. The quantitative estimate of drug-likeness (QED) is 0.706. The molecule has 0 unspecified atom stereocenters. The standard InChI is InChI=1S/C19H19NO7S2/c1-27-19(22)14-3-2-4-15(11-14)20-18(21)13-5-7-16(8-6-13)29(25,26)17-9-10-28(23,24)12-17/h2-8,11,17H,9-10,12H2,1H3,(H,20,21)/t17-/m0/s1. The molecule has 1 amide bonds.